The summed E-state index contributed by atoms with van der Waals surface area (Å²) < 4.78 is 0. The lowest BCUT2D eigenvalue weighted by molar-refractivity contribution is -0.122. The van der Waals surface area contributed by atoms with Crippen molar-refractivity contribution in [1.82, 2.24) is 10.2 Å². The molecule has 1 saturated carbocycles. The number of thiocarbonyl (C=S) groups is 1. The Morgan fingerprint density at radius 3 is 2.78 bits per heavy atom. The lowest BCUT2D eigenvalue weighted by Gasteiger charge is -2.11. The van der Waals surface area contributed by atoms with Gasteiger partial charge in [0, 0.05) is 11.6 Å². The SMILES string of the molecule is O=C1/C(=C/c2ccccc2O)NC(=S)N1C1CC1. The zero-order valence-electron chi connectivity index (χ0n) is 9.59. The maximum Gasteiger partial charge on any atom is 0.276 e. The van der Waals surface area contributed by atoms with Crippen molar-refractivity contribution in [2.75, 3.05) is 0 Å². The maximum atomic E-state index is 12.1. The zero-order valence-corrected chi connectivity index (χ0v) is 10.4. The summed E-state index contributed by atoms with van der Waals surface area (Å²) in [5.74, 6) is 0.0427. The second kappa shape index (κ2) is 4.10. The van der Waals surface area contributed by atoms with Gasteiger partial charge >= 0.3 is 0 Å². The topological polar surface area (TPSA) is 52.6 Å². The third-order valence-corrected chi connectivity index (χ3v) is 3.36. The van der Waals surface area contributed by atoms with Crippen LogP contribution in [0.1, 0.15) is 18.4 Å². The van der Waals surface area contributed by atoms with E-state index in [1.807, 2.05) is 6.07 Å². The lowest BCUT2D eigenvalue weighted by atomic mass is 10.1. The molecule has 1 aromatic rings. The molecule has 0 bridgehead atoms. The molecule has 1 heterocycles. The third-order valence-electron chi connectivity index (χ3n) is 3.06. The summed E-state index contributed by atoms with van der Waals surface area (Å²) in [5, 5.41) is 13.1. The number of benzene rings is 1. The minimum Gasteiger partial charge on any atom is -0.507 e. The van der Waals surface area contributed by atoms with Crippen LogP contribution in [0.4, 0.5) is 0 Å². The van der Waals surface area contributed by atoms with Gasteiger partial charge in [-0.1, -0.05) is 18.2 Å². The van der Waals surface area contributed by atoms with E-state index in [0.717, 1.165) is 12.8 Å². The Bertz CT molecular complexity index is 564. The Hall–Kier alpha value is -1.88. The molecule has 1 amide bonds. The molecule has 0 radical (unpaired) electrons. The number of para-hydroxylation sites is 1. The predicted octanol–water partition coefficient (Wildman–Crippen LogP) is 1.61. The summed E-state index contributed by atoms with van der Waals surface area (Å²) in [6.45, 7) is 0. The van der Waals surface area contributed by atoms with Gasteiger partial charge < -0.3 is 10.4 Å². The van der Waals surface area contributed by atoms with Crippen molar-refractivity contribution in [3.63, 3.8) is 0 Å². The molecule has 5 heteroatoms. The minimum atomic E-state index is -0.106. The zero-order chi connectivity index (χ0) is 12.7. The first-order chi connectivity index (χ1) is 8.66. The number of nitrogens with one attached hydrogen (secondary N) is 1. The summed E-state index contributed by atoms with van der Waals surface area (Å²) in [5.41, 5.74) is 1.03. The number of hydrogen-bond donors (Lipinski definition) is 2. The Morgan fingerprint density at radius 2 is 2.11 bits per heavy atom. The molecule has 0 aromatic heterocycles. The smallest absolute Gasteiger partial charge is 0.276 e. The monoisotopic (exact) mass is 260 g/mol. The van der Waals surface area contributed by atoms with Crippen LogP contribution in [0.2, 0.25) is 0 Å². The van der Waals surface area contributed by atoms with Gasteiger partial charge in [0.2, 0.25) is 0 Å². The van der Waals surface area contributed by atoms with Crippen LogP contribution in [0.15, 0.2) is 30.0 Å². The number of rotatable bonds is 2. The summed E-state index contributed by atoms with van der Waals surface area (Å²) in [6, 6.07) is 7.14. The highest BCUT2D eigenvalue weighted by Gasteiger charge is 2.41. The van der Waals surface area contributed by atoms with Gasteiger partial charge in [0.1, 0.15) is 11.4 Å². The predicted molar refractivity (Wildman–Crippen MR) is 71.7 cm³/mol. The average molecular weight is 260 g/mol. The first-order valence-electron chi connectivity index (χ1n) is 5.81. The van der Waals surface area contributed by atoms with E-state index in [4.69, 9.17) is 12.2 Å². The first-order valence-corrected chi connectivity index (χ1v) is 6.22. The van der Waals surface area contributed by atoms with Crippen LogP contribution in [0, 0.1) is 0 Å². The maximum absolute atomic E-state index is 12.1. The van der Waals surface area contributed by atoms with Crippen molar-refractivity contribution in [2.45, 2.75) is 18.9 Å². The average Bonchev–Trinajstić information content (AvgIpc) is 3.11. The summed E-state index contributed by atoms with van der Waals surface area (Å²) in [6.07, 6.45) is 3.65. The molecule has 2 fully saturated rings. The Labute approximate surface area is 110 Å². The lowest BCUT2D eigenvalue weighted by Crippen LogP contribution is -2.32. The molecule has 3 rings (SSSR count). The molecule has 18 heavy (non-hydrogen) atoms. The van der Waals surface area contributed by atoms with Crippen LogP contribution >= 0.6 is 12.2 Å². The number of amides is 1. The Balaban J connectivity index is 1.92. The summed E-state index contributed by atoms with van der Waals surface area (Å²) in [7, 11) is 0. The van der Waals surface area contributed by atoms with Gasteiger partial charge in [0.15, 0.2) is 5.11 Å². The molecule has 2 aliphatic rings. The largest absolute Gasteiger partial charge is 0.507 e. The van der Waals surface area contributed by atoms with E-state index in [-0.39, 0.29) is 17.7 Å². The van der Waals surface area contributed by atoms with Gasteiger partial charge in [-0.3, -0.25) is 9.69 Å². The number of phenols is 1. The summed E-state index contributed by atoms with van der Waals surface area (Å²) in [4.78, 5) is 13.8. The second-order valence-corrected chi connectivity index (χ2v) is 4.84. The normalized spacial score (nSPS) is 21.6. The van der Waals surface area contributed by atoms with Gasteiger partial charge in [-0.05, 0) is 37.2 Å². The number of aromatic hydroxyl groups is 1. The van der Waals surface area contributed by atoms with Crippen LogP contribution in [-0.2, 0) is 4.79 Å². The fraction of sp³-hybridized carbons (Fsp3) is 0.231. The molecule has 92 valence electrons. The van der Waals surface area contributed by atoms with E-state index < -0.39 is 0 Å². The fourth-order valence-corrected chi connectivity index (χ4v) is 2.32. The number of carbonyl (C=O) groups is 1. The molecule has 0 atom stereocenters. The van der Waals surface area contributed by atoms with Gasteiger partial charge in [0.05, 0.1) is 0 Å². The van der Waals surface area contributed by atoms with Gasteiger partial charge in [0.25, 0.3) is 5.91 Å². The number of hydrogen-bond acceptors (Lipinski definition) is 3. The molecule has 0 spiro atoms. The second-order valence-electron chi connectivity index (χ2n) is 4.45. The van der Waals surface area contributed by atoms with Crippen LogP contribution < -0.4 is 5.32 Å². The standard InChI is InChI=1S/C13H12N2O2S/c16-11-4-2-1-3-8(11)7-10-12(17)15(9-5-6-9)13(18)14-10/h1-4,7,9,16H,5-6H2,(H,14,18)/b10-7-. The van der Waals surface area contributed by atoms with Gasteiger partial charge in [-0.25, -0.2) is 0 Å². The molecule has 1 aromatic carbocycles. The number of carbonyl (C=O) groups excluding carboxylic acids is 1. The van der Waals surface area contributed by atoms with Gasteiger partial charge in [-0.15, -0.1) is 0 Å². The molecular weight excluding hydrogens is 248 g/mol. The highest BCUT2D eigenvalue weighted by molar-refractivity contribution is 7.80. The van der Waals surface area contributed by atoms with Crippen molar-refractivity contribution in [3.05, 3.63) is 35.5 Å². The first kappa shape index (κ1) is 11.2. The van der Waals surface area contributed by atoms with E-state index in [9.17, 15) is 9.90 Å². The summed E-state index contributed by atoms with van der Waals surface area (Å²) >= 11 is 5.15. The minimum absolute atomic E-state index is 0.106. The third kappa shape index (κ3) is 1.86. The van der Waals surface area contributed by atoms with Crippen molar-refractivity contribution >= 4 is 29.3 Å². The van der Waals surface area contributed by atoms with E-state index in [2.05, 4.69) is 5.32 Å². The van der Waals surface area contributed by atoms with Crippen molar-refractivity contribution in [2.24, 2.45) is 0 Å². The highest BCUT2D eigenvalue weighted by atomic mass is 32.1. The van der Waals surface area contributed by atoms with E-state index in [0.29, 0.717) is 16.4 Å². The molecule has 1 saturated heterocycles. The van der Waals surface area contributed by atoms with Crippen LogP contribution in [0.25, 0.3) is 6.08 Å². The molecule has 2 N–H and O–H groups in total. The molecular formula is C13H12N2O2S. The molecule has 1 aliphatic heterocycles. The van der Waals surface area contributed by atoms with Crippen LogP contribution in [0.5, 0.6) is 5.75 Å². The van der Waals surface area contributed by atoms with Crippen molar-refractivity contribution in [3.8, 4) is 5.75 Å². The number of nitrogens with zero attached hydrogens (tertiary/aromatic N) is 1. The van der Waals surface area contributed by atoms with Crippen LogP contribution in [-0.4, -0.2) is 27.1 Å². The highest BCUT2D eigenvalue weighted by Crippen LogP contribution is 2.31. The quantitative estimate of drug-likeness (QED) is 0.626. The Morgan fingerprint density at radius 1 is 1.39 bits per heavy atom. The molecule has 0 unspecified atom stereocenters. The van der Waals surface area contributed by atoms with Crippen molar-refractivity contribution < 1.29 is 9.90 Å². The van der Waals surface area contributed by atoms with E-state index in [1.165, 1.54) is 0 Å². The molecule has 1 aliphatic carbocycles. The van der Waals surface area contributed by atoms with Crippen LogP contribution in [0.3, 0.4) is 0 Å². The molecule has 4 nitrogen and oxygen atoms in total. The van der Waals surface area contributed by atoms with E-state index >= 15 is 0 Å². The van der Waals surface area contributed by atoms with E-state index in [1.54, 1.807) is 29.2 Å². The Kier molecular flexibility index (Phi) is 2.56. The fourth-order valence-electron chi connectivity index (χ4n) is 1.98. The van der Waals surface area contributed by atoms with Gasteiger partial charge in [-0.2, -0.15) is 0 Å². The number of phenolic OH excluding ortho intramolecular Hbond substituents is 1. The van der Waals surface area contributed by atoms with Crippen molar-refractivity contribution in [1.29, 1.82) is 0 Å².